The van der Waals surface area contributed by atoms with Gasteiger partial charge >= 0.3 is 0 Å². The Labute approximate surface area is 255 Å². The van der Waals surface area contributed by atoms with Gasteiger partial charge < -0.3 is 14.0 Å². The fourth-order valence-corrected chi connectivity index (χ4v) is 6.03. The molecule has 0 amide bonds. The number of rotatable bonds is 4. The molecule has 1 aliphatic rings. The van der Waals surface area contributed by atoms with E-state index in [4.69, 9.17) is 9.51 Å². The van der Waals surface area contributed by atoms with Gasteiger partial charge in [-0.2, -0.15) is 4.98 Å². The predicted octanol–water partition coefficient (Wildman–Crippen LogP) is 9.78. The van der Waals surface area contributed by atoms with Crippen LogP contribution >= 0.6 is 0 Å². The topological polar surface area (TPSA) is 47.1 Å². The molecule has 5 heteroatoms. The Bertz CT molecular complexity index is 2160. The van der Waals surface area contributed by atoms with Gasteiger partial charge in [-0.1, -0.05) is 90.6 Å². The maximum atomic E-state index is 5.72. The van der Waals surface area contributed by atoms with Crippen LogP contribution in [-0.4, -0.2) is 21.3 Å². The molecule has 210 valence electrons. The van der Waals surface area contributed by atoms with Crippen LogP contribution in [0.2, 0.25) is 0 Å². The van der Waals surface area contributed by atoms with Gasteiger partial charge in [0, 0.05) is 51.1 Å². The zero-order valence-corrected chi connectivity index (χ0v) is 24.0. The molecule has 1 aliphatic heterocycles. The lowest BCUT2D eigenvalue weighted by atomic mass is 10.0. The summed E-state index contributed by atoms with van der Waals surface area (Å²) in [5, 5.41) is 6.79. The Morgan fingerprint density at radius 2 is 1.27 bits per heavy atom. The van der Waals surface area contributed by atoms with Crippen LogP contribution in [0.1, 0.15) is 5.56 Å². The van der Waals surface area contributed by atoms with E-state index in [2.05, 4.69) is 130 Å². The van der Waals surface area contributed by atoms with E-state index in [1.165, 1.54) is 21.8 Å². The monoisotopic (exact) mass is 568 g/mol. The second-order valence-electron chi connectivity index (χ2n) is 10.8. The van der Waals surface area contributed by atoms with Gasteiger partial charge in [0.15, 0.2) is 0 Å². The van der Waals surface area contributed by atoms with Crippen LogP contribution in [0.4, 0.5) is 11.4 Å². The summed E-state index contributed by atoms with van der Waals surface area (Å²) in [5.74, 6) is 1.04. The maximum absolute atomic E-state index is 5.72. The minimum atomic E-state index is 0.489. The number of hydrogen-bond acceptors (Lipinski definition) is 4. The summed E-state index contributed by atoms with van der Waals surface area (Å²) in [7, 11) is 0. The molecule has 3 heterocycles. The van der Waals surface area contributed by atoms with E-state index in [1.54, 1.807) is 0 Å². The number of anilines is 2. The first-order valence-electron chi connectivity index (χ1n) is 14.7. The molecule has 0 bridgehead atoms. The third kappa shape index (κ3) is 4.43. The summed E-state index contributed by atoms with van der Waals surface area (Å²) >= 11 is 0. The Hall–Kier alpha value is -5.94. The van der Waals surface area contributed by atoms with Gasteiger partial charge in [-0.15, -0.1) is 0 Å². The Morgan fingerprint density at radius 1 is 0.636 bits per heavy atom. The van der Waals surface area contributed by atoms with E-state index in [0.717, 1.165) is 45.9 Å². The van der Waals surface area contributed by atoms with Gasteiger partial charge in [-0.3, -0.25) is 0 Å². The van der Waals surface area contributed by atoms with Crippen LogP contribution in [-0.2, 0) is 0 Å². The van der Waals surface area contributed by atoms with E-state index in [9.17, 15) is 0 Å². The summed E-state index contributed by atoms with van der Waals surface area (Å²) in [6, 6.07) is 42.0. The third-order valence-corrected chi connectivity index (χ3v) is 8.19. The molecule has 0 N–H and O–H groups in total. The summed E-state index contributed by atoms with van der Waals surface area (Å²) in [5.41, 5.74) is 9.49. The molecule has 0 radical (unpaired) electrons. The molecular formula is C39H28N4O. The third-order valence-electron chi connectivity index (χ3n) is 8.19. The van der Waals surface area contributed by atoms with Crippen molar-refractivity contribution in [1.29, 1.82) is 0 Å². The van der Waals surface area contributed by atoms with E-state index in [-0.39, 0.29) is 0 Å². The standard InChI is InChI=1S/C39H28N4O/c1-27-11-3-2-10-26-42(35-15-7-4-12-32(27)35)30-22-18-28(19-23-30)38-40-39(44-41-38)29-20-24-31(25-21-29)43-36-16-8-5-13-33(36)34-14-6-9-17-37(34)43/h2-25H,1,26H2/b10-2-,11-3-. The zero-order valence-electron chi connectivity index (χ0n) is 24.0. The Balaban J connectivity index is 1.08. The molecule has 8 rings (SSSR count). The number of allylic oxidation sites excluding steroid dienone is 4. The van der Waals surface area contributed by atoms with Gasteiger partial charge in [0.05, 0.1) is 11.0 Å². The summed E-state index contributed by atoms with van der Waals surface area (Å²) in [6.07, 6.45) is 8.30. The van der Waals surface area contributed by atoms with Gasteiger partial charge in [0.1, 0.15) is 0 Å². The van der Waals surface area contributed by atoms with Crippen LogP contribution in [0, 0.1) is 0 Å². The molecule has 2 aromatic heterocycles. The van der Waals surface area contributed by atoms with Crippen LogP contribution in [0.3, 0.4) is 0 Å². The van der Waals surface area contributed by atoms with Crippen molar-refractivity contribution in [3.63, 3.8) is 0 Å². The lowest BCUT2D eigenvalue weighted by Crippen LogP contribution is -2.18. The molecule has 0 spiro atoms. The van der Waals surface area contributed by atoms with Gasteiger partial charge in [-0.05, 0) is 72.3 Å². The number of hydrogen-bond donors (Lipinski definition) is 0. The molecule has 0 aliphatic carbocycles. The molecule has 0 unspecified atom stereocenters. The zero-order chi connectivity index (χ0) is 29.5. The minimum Gasteiger partial charge on any atom is -0.337 e. The molecule has 0 saturated heterocycles. The van der Waals surface area contributed by atoms with Crippen molar-refractivity contribution >= 4 is 38.8 Å². The smallest absolute Gasteiger partial charge is 0.258 e. The van der Waals surface area contributed by atoms with Gasteiger partial charge in [0.2, 0.25) is 5.82 Å². The highest BCUT2D eigenvalue weighted by Gasteiger charge is 2.17. The number of aromatic nitrogens is 3. The predicted molar refractivity (Wildman–Crippen MR) is 180 cm³/mol. The highest BCUT2D eigenvalue weighted by atomic mass is 16.5. The van der Waals surface area contributed by atoms with E-state index < -0.39 is 0 Å². The van der Waals surface area contributed by atoms with Gasteiger partial charge in [-0.25, -0.2) is 0 Å². The molecule has 0 fully saturated rings. The lowest BCUT2D eigenvalue weighted by molar-refractivity contribution is 0.432. The fraction of sp³-hybridized carbons (Fsp3) is 0.0256. The summed E-state index contributed by atoms with van der Waals surface area (Å²) in [6.45, 7) is 5.02. The van der Waals surface area contributed by atoms with E-state index in [1.807, 2.05) is 36.4 Å². The van der Waals surface area contributed by atoms with Crippen molar-refractivity contribution in [3.8, 4) is 28.5 Å². The van der Waals surface area contributed by atoms with Crippen LogP contribution in [0.15, 0.2) is 157 Å². The Morgan fingerprint density at radius 3 is 2.02 bits per heavy atom. The number of fused-ring (bicyclic) bond motifs is 4. The highest BCUT2D eigenvalue weighted by Crippen LogP contribution is 2.35. The van der Waals surface area contributed by atoms with Crippen LogP contribution in [0.5, 0.6) is 0 Å². The summed E-state index contributed by atoms with van der Waals surface area (Å²) < 4.78 is 8.02. The van der Waals surface area contributed by atoms with Crippen LogP contribution < -0.4 is 4.90 Å². The fourth-order valence-electron chi connectivity index (χ4n) is 6.03. The first-order valence-corrected chi connectivity index (χ1v) is 14.7. The maximum Gasteiger partial charge on any atom is 0.258 e. The van der Waals surface area contributed by atoms with Gasteiger partial charge in [0.25, 0.3) is 5.89 Å². The second kappa shape index (κ2) is 10.7. The van der Waals surface area contributed by atoms with Crippen LogP contribution in [0.25, 0.3) is 55.9 Å². The average molecular weight is 569 g/mol. The van der Waals surface area contributed by atoms with Crippen molar-refractivity contribution in [3.05, 3.63) is 158 Å². The number of nitrogens with zero attached hydrogens (tertiary/aromatic N) is 4. The SMILES string of the molecule is C=C1/C=C\C=C/CN(c2ccc(-c3noc(-c4ccc(-n5c6ccccc6c6ccccc65)cc4)n3)cc2)c2ccccc21. The van der Waals surface area contributed by atoms with Crippen molar-refractivity contribution in [2.75, 3.05) is 11.4 Å². The van der Waals surface area contributed by atoms with Crippen molar-refractivity contribution < 1.29 is 4.52 Å². The first kappa shape index (κ1) is 25.7. The summed E-state index contributed by atoms with van der Waals surface area (Å²) in [4.78, 5) is 7.03. The molecule has 7 aromatic rings. The molecule has 44 heavy (non-hydrogen) atoms. The Kier molecular flexibility index (Phi) is 6.27. The molecule has 5 nitrogen and oxygen atoms in total. The van der Waals surface area contributed by atoms with E-state index in [0.29, 0.717) is 11.7 Å². The second-order valence-corrected chi connectivity index (χ2v) is 10.8. The van der Waals surface area contributed by atoms with E-state index >= 15 is 0 Å². The molecule has 0 saturated carbocycles. The number of para-hydroxylation sites is 3. The first-order chi connectivity index (χ1) is 21.7. The largest absolute Gasteiger partial charge is 0.337 e. The molecule has 0 atom stereocenters. The molecular weight excluding hydrogens is 540 g/mol. The average Bonchev–Trinajstić information content (AvgIpc) is 3.72. The van der Waals surface area contributed by atoms with Crippen molar-refractivity contribution in [2.24, 2.45) is 0 Å². The molecule has 5 aromatic carbocycles. The quantitative estimate of drug-likeness (QED) is 0.212. The van der Waals surface area contributed by atoms with Crippen molar-refractivity contribution in [1.82, 2.24) is 14.7 Å². The highest BCUT2D eigenvalue weighted by molar-refractivity contribution is 6.09. The minimum absolute atomic E-state index is 0.489. The number of benzene rings is 5. The van der Waals surface area contributed by atoms with Crippen molar-refractivity contribution in [2.45, 2.75) is 0 Å². The normalized spacial score (nSPS) is 14.6. The lowest BCUT2D eigenvalue weighted by Gasteiger charge is -2.26.